The molecule has 0 fully saturated rings. The van der Waals surface area contributed by atoms with Gasteiger partial charge in [0.2, 0.25) is 0 Å². The van der Waals surface area contributed by atoms with Crippen molar-refractivity contribution >= 4 is 15.4 Å². The maximum Gasteiger partial charge on any atom is -1.00 e. The van der Waals surface area contributed by atoms with Gasteiger partial charge in [0, 0.05) is 0 Å². The third kappa shape index (κ3) is 5.97. The second-order valence-electron chi connectivity index (χ2n) is 7.43. The van der Waals surface area contributed by atoms with Crippen LogP contribution in [0.1, 0.15) is 13.8 Å². The molecule has 0 radical (unpaired) electrons. The van der Waals surface area contributed by atoms with Crippen LogP contribution in [-0.2, 0) is 23.2 Å². The minimum atomic E-state index is -0.620. The van der Waals surface area contributed by atoms with E-state index in [9.17, 15) is 0 Å². The van der Waals surface area contributed by atoms with Crippen LogP contribution in [0.15, 0.2) is 95.2 Å². The van der Waals surface area contributed by atoms with Gasteiger partial charge in [-0.25, -0.2) is 0 Å². The van der Waals surface area contributed by atoms with Crippen molar-refractivity contribution in [2.45, 2.75) is 32.6 Å². The van der Waals surface area contributed by atoms with Crippen LogP contribution >= 0.6 is 0 Å². The average molecular weight is 553 g/mol. The zero-order chi connectivity index (χ0) is 18.5. The Balaban J connectivity index is 0.000000739. The molecule has 0 bridgehead atoms. The first-order chi connectivity index (χ1) is 12.7. The summed E-state index contributed by atoms with van der Waals surface area (Å²) in [4.78, 5) is 0. The topological polar surface area (TPSA) is 0 Å². The summed E-state index contributed by atoms with van der Waals surface area (Å²) in [7, 11) is 0. The van der Waals surface area contributed by atoms with Crippen molar-refractivity contribution < 1.29 is 48.0 Å². The molecule has 4 rings (SSSR count). The van der Waals surface area contributed by atoms with Crippen LogP contribution in [0, 0.1) is 11.8 Å². The van der Waals surface area contributed by atoms with Crippen molar-refractivity contribution in [3.8, 4) is 0 Å². The molecule has 4 atom stereocenters. The molecular formula is C24H30Cl2GeZr. The van der Waals surface area contributed by atoms with Gasteiger partial charge in [-0.05, 0) is 0 Å². The molecule has 0 N–H and O–H groups in total. The van der Waals surface area contributed by atoms with E-state index in [1.807, 2.05) is 0 Å². The molecule has 0 heterocycles. The normalized spacial score (nSPS) is 28.4. The van der Waals surface area contributed by atoms with E-state index in [1.165, 1.54) is 0 Å². The van der Waals surface area contributed by atoms with Gasteiger partial charge in [0.15, 0.2) is 0 Å². The van der Waals surface area contributed by atoms with E-state index >= 15 is 0 Å². The van der Waals surface area contributed by atoms with Gasteiger partial charge >= 0.3 is 178 Å². The Morgan fingerprint density at radius 3 is 1.39 bits per heavy atom. The summed E-state index contributed by atoms with van der Waals surface area (Å²) < 4.78 is 1.43. The SMILES string of the molecule is CC1C=CC=CC2=C1C=C[CH]2[Zr+2][CH]1C=CC2=C1C=CC=CC2C.[CH3][GeH2][CH3].[Cl-].[Cl-]. The van der Waals surface area contributed by atoms with E-state index in [0.29, 0.717) is 19.1 Å². The van der Waals surface area contributed by atoms with Crippen LogP contribution in [0.5, 0.6) is 0 Å². The Morgan fingerprint density at radius 2 is 1.00 bits per heavy atom. The van der Waals surface area contributed by atoms with Gasteiger partial charge < -0.3 is 24.8 Å². The number of hydrogen-bond donors (Lipinski definition) is 0. The molecule has 0 aromatic carbocycles. The molecular weight excluding hydrogens is 523 g/mol. The summed E-state index contributed by atoms with van der Waals surface area (Å²) in [5, 5.41) is 0. The van der Waals surface area contributed by atoms with Crippen LogP contribution in [0.3, 0.4) is 0 Å². The van der Waals surface area contributed by atoms with Crippen molar-refractivity contribution in [2.24, 2.45) is 11.8 Å². The molecule has 4 heteroatoms. The van der Waals surface area contributed by atoms with Crippen LogP contribution in [-0.4, -0.2) is 15.4 Å². The van der Waals surface area contributed by atoms with E-state index in [2.05, 4.69) is 98.3 Å². The number of rotatable bonds is 2. The molecule has 0 aromatic heterocycles. The Bertz CT molecular complexity index is 716. The maximum absolute atomic E-state index is 2.49. The Labute approximate surface area is 201 Å². The Kier molecular flexibility index (Phi) is 11.7. The fourth-order valence-electron chi connectivity index (χ4n) is 3.86. The second kappa shape index (κ2) is 12.6. The van der Waals surface area contributed by atoms with Crippen LogP contribution in [0.25, 0.3) is 0 Å². The van der Waals surface area contributed by atoms with E-state index in [-0.39, 0.29) is 40.2 Å². The van der Waals surface area contributed by atoms with Gasteiger partial charge in [-0.2, -0.15) is 0 Å². The second-order valence-corrected chi connectivity index (χ2v) is 14.3. The zero-order valence-electron chi connectivity index (χ0n) is 17.2. The van der Waals surface area contributed by atoms with E-state index < -0.39 is 23.2 Å². The predicted molar refractivity (Wildman–Crippen MR) is 115 cm³/mol. The Hall–Kier alpha value is -0.0740. The molecule has 0 nitrogen and oxygen atoms in total. The largest absolute Gasteiger partial charge is 1.00 e. The van der Waals surface area contributed by atoms with E-state index in [4.69, 9.17) is 0 Å². The van der Waals surface area contributed by atoms with Gasteiger partial charge in [0.1, 0.15) is 0 Å². The molecule has 4 aliphatic rings. The monoisotopic (exact) mass is 552 g/mol. The number of halogens is 2. The summed E-state index contributed by atoms with van der Waals surface area (Å²) in [5.41, 5.74) is 6.28. The summed E-state index contributed by atoms with van der Waals surface area (Å²) in [6.45, 7) is 4.63. The fourth-order valence-corrected chi connectivity index (χ4v) is 8.00. The van der Waals surface area contributed by atoms with Gasteiger partial charge in [0.05, 0.1) is 0 Å². The Morgan fingerprint density at radius 1 is 0.607 bits per heavy atom. The average Bonchev–Trinajstić information content (AvgIpc) is 3.09. The molecule has 4 aliphatic carbocycles. The fraction of sp³-hybridized carbons (Fsp3) is 0.333. The number of allylic oxidation sites excluding steroid dienone is 16. The van der Waals surface area contributed by atoms with Crippen molar-refractivity contribution in [3.05, 3.63) is 95.2 Å². The van der Waals surface area contributed by atoms with Crippen LogP contribution in [0.4, 0.5) is 0 Å². The molecule has 0 aliphatic heterocycles. The van der Waals surface area contributed by atoms with Crippen molar-refractivity contribution in [1.82, 2.24) is 0 Å². The van der Waals surface area contributed by atoms with Crippen molar-refractivity contribution in [3.63, 3.8) is 0 Å². The van der Waals surface area contributed by atoms with Gasteiger partial charge in [-0.15, -0.1) is 0 Å². The summed E-state index contributed by atoms with van der Waals surface area (Å²) in [5.74, 6) is 5.73. The van der Waals surface area contributed by atoms with Gasteiger partial charge in [-0.3, -0.25) is 0 Å². The minimum Gasteiger partial charge on any atom is -1.00 e. The van der Waals surface area contributed by atoms with Crippen molar-refractivity contribution in [1.29, 1.82) is 0 Å². The number of hydrogen-bond acceptors (Lipinski definition) is 0. The summed E-state index contributed by atoms with van der Waals surface area (Å²) in [6.07, 6.45) is 28.0. The third-order valence-electron chi connectivity index (χ3n) is 5.19. The summed E-state index contributed by atoms with van der Waals surface area (Å²) >= 11 is -0.495. The zero-order valence-corrected chi connectivity index (χ0v) is 24.1. The van der Waals surface area contributed by atoms with Crippen LogP contribution in [0.2, 0.25) is 18.8 Å². The maximum atomic E-state index is 2.49. The van der Waals surface area contributed by atoms with E-state index in [1.54, 1.807) is 22.3 Å². The molecule has 28 heavy (non-hydrogen) atoms. The molecule has 0 amide bonds. The molecule has 0 saturated heterocycles. The quantitative estimate of drug-likeness (QED) is 0.428. The molecule has 148 valence electrons. The summed E-state index contributed by atoms with van der Waals surface area (Å²) in [6, 6.07) is 0. The molecule has 0 saturated carbocycles. The van der Waals surface area contributed by atoms with Gasteiger partial charge in [-0.1, -0.05) is 0 Å². The first-order valence-electron chi connectivity index (χ1n) is 9.96. The smallest absolute Gasteiger partial charge is 1.00 e. The molecule has 0 aromatic rings. The van der Waals surface area contributed by atoms with Gasteiger partial charge in [0.25, 0.3) is 0 Å². The minimum absolute atomic E-state index is 0. The van der Waals surface area contributed by atoms with E-state index in [0.717, 1.165) is 0 Å². The molecule has 0 spiro atoms. The van der Waals surface area contributed by atoms with Crippen molar-refractivity contribution in [2.75, 3.05) is 0 Å². The first kappa shape index (κ1) is 26.0. The predicted octanol–water partition coefficient (Wildman–Crippen LogP) is 0.162. The first-order valence-corrected chi connectivity index (χ1v) is 18.7. The molecule has 4 unspecified atom stereocenters. The third-order valence-corrected chi connectivity index (χ3v) is 9.43. The van der Waals surface area contributed by atoms with Crippen LogP contribution < -0.4 is 24.8 Å². The standard InChI is InChI=1S/2C11H11.C2H8Ge.2ClH.Zr/c2*1-9-5-2-3-6-10-7-4-8-11(9)10;1-3-2;;;/h2*2-9H,1H3;3H2,1-2H3;2*1H;/q;;;;;+2/p-2.